The van der Waals surface area contributed by atoms with Gasteiger partial charge in [0.25, 0.3) is 5.91 Å². The van der Waals surface area contributed by atoms with Gasteiger partial charge in [-0.3, -0.25) is 9.69 Å². The topological polar surface area (TPSA) is 70.8 Å². The van der Waals surface area contributed by atoms with Crippen molar-refractivity contribution in [2.75, 3.05) is 4.90 Å². The second-order valence-electron chi connectivity index (χ2n) is 6.95. The maximum atomic E-state index is 12.9. The number of amides is 1. The average Bonchev–Trinajstić information content (AvgIpc) is 3.26. The molecule has 1 aliphatic heterocycles. The van der Waals surface area contributed by atoms with Gasteiger partial charge >= 0.3 is 5.97 Å². The van der Waals surface area contributed by atoms with Crippen LogP contribution in [0.4, 0.5) is 5.69 Å². The summed E-state index contributed by atoms with van der Waals surface area (Å²) in [5, 5.41) is 9.04. The third-order valence-corrected chi connectivity index (χ3v) is 5.87. The molecule has 1 fully saturated rings. The van der Waals surface area contributed by atoms with Gasteiger partial charge in [-0.1, -0.05) is 41.2 Å². The number of carbonyl (C=O) groups is 2. The Morgan fingerprint density at radius 1 is 1.07 bits per heavy atom. The highest BCUT2D eigenvalue weighted by atomic mass is 32.2. The second-order valence-corrected chi connectivity index (χ2v) is 8.62. The summed E-state index contributed by atoms with van der Waals surface area (Å²) in [6, 6.07) is 15.9. The molecule has 3 aromatic rings. The molecule has 0 unspecified atom stereocenters. The zero-order chi connectivity index (χ0) is 21.4. The zero-order valence-electron chi connectivity index (χ0n) is 16.2. The van der Waals surface area contributed by atoms with Crippen LogP contribution in [0.15, 0.2) is 63.9 Å². The molecule has 1 saturated heterocycles. The number of rotatable bonds is 4. The molecule has 0 saturated carbocycles. The van der Waals surface area contributed by atoms with E-state index in [1.807, 2.05) is 26.0 Å². The minimum atomic E-state index is -1.02. The number of thiocarbonyl (C=S) groups is 1. The van der Waals surface area contributed by atoms with Crippen LogP contribution >= 0.6 is 24.0 Å². The van der Waals surface area contributed by atoms with Crippen LogP contribution in [0.3, 0.4) is 0 Å². The minimum absolute atomic E-state index is 0.147. The van der Waals surface area contributed by atoms with Crippen molar-refractivity contribution >= 4 is 51.9 Å². The van der Waals surface area contributed by atoms with Gasteiger partial charge in [0, 0.05) is 11.6 Å². The number of nitrogens with zero attached hydrogens (tertiary/aromatic N) is 1. The van der Waals surface area contributed by atoms with Gasteiger partial charge in [0.2, 0.25) is 0 Å². The molecule has 1 amide bonds. The van der Waals surface area contributed by atoms with Gasteiger partial charge in [0.15, 0.2) is 4.32 Å². The molecule has 2 heterocycles. The summed E-state index contributed by atoms with van der Waals surface area (Å²) in [7, 11) is 0. The first-order chi connectivity index (χ1) is 14.3. The van der Waals surface area contributed by atoms with E-state index in [2.05, 4.69) is 18.2 Å². The van der Waals surface area contributed by atoms with Crippen LogP contribution in [0.1, 0.15) is 27.2 Å². The Kier molecular flexibility index (Phi) is 5.32. The van der Waals surface area contributed by atoms with Crippen molar-refractivity contribution in [3.63, 3.8) is 0 Å². The Hall–Kier alpha value is -3.16. The van der Waals surface area contributed by atoms with Gasteiger partial charge in [-0.25, -0.2) is 4.79 Å². The predicted molar refractivity (Wildman–Crippen MR) is 123 cm³/mol. The maximum Gasteiger partial charge on any atom is 0.335 e. The average molecular weight is 436 g/mol. The molecular weight excluding hydrogens is 418 g/mol. The van der Waals surface area contributed by atoms with Gasteiger partial charge in [0.05, 0.1) is 16.2 Å². The second kappa shape index (κ2) is 7.93. The van der Waals surface area contributed by atoms with E-state index in [4.69, 9.17) is 21.7 Å². The fraction of sp³-hybridized carbons (Fsp3) is 0.0870. The molecule has 1 N–H and O–H groups in total. The number of aryl methyl sites for hydroxylation is 2. The molecule has 1 aromatic heterocycles. The van der Waals surface area contributed by atoms with Crippen LogP contribution < -0.4 is 4.90 Å². The highest BCUT2D eigenvalue weighted by Crippen LogP contribution is 2.36. The first-order valence-corrected chi connectivity index (χ1v) is 10.3. The molecule has 30 heavy (non-hydrogen) atoms. The molecule has 2 aromatic carbocycles. The van der Waals surface area contributed by atoms with Crippen LogP contribution in [0.25, 0.3) is 17.4 Å². The van der Waals surface area contributed by atoms with Crippen molar-refractivity contribution < 1.29 is 19.1 Å². The first-order valence-electron chi connectivity index (χ1n) is 9.11. The van der Waals surface area contributed by atoms with Crippen LogP contribution in [0.2, 0.25) is 0 Å². The van der Waals surface area contributed by atoms with Gasteiger partial charge in [-0.15, -0.1) is 0 Å². The molecule has 0 atom stereocenters. The summed E-state index contributed by atoms with van der Waals surface area (Å²) >= 11 is 6.55. The van der Waals surface area contributed by atoms with E-state index in [0.29, 0.717) is 20.7 Å². The Labute approximate surface area is 183 Å². The smallest absolute Gasteiger partial charge is 0.335 e. The Morgan fingerprint density at radius 3 is 2.37 bits per heavy atom. The summed E-state index contributed by atoms with van der Waals surface area (Å²) in [6.07, 6.45) is 1.68. The van der Waals surface area contributed by atoms with Gasteiger partial charge < -0.3 is 9.52 Å². The number of anilines is 1. The Balaban J connectivity index is 1.59. The predicted octanol–water partition coefficient (Wildman–Crippen LogP) is 5.67. The number of carboxylic acid groups (broad SMARTS) is 1. The molecule has 0 bridgehead atoms. The van der Waals surface area contributed by atoms with E-state index in [0.717, 1.165) is 22.5 Å². The molecule has 150 valence electrons. The number of benzene rings is 2. The van der Waals surface area contributed by atoms with E-state index >= 15 is 0 Å². The highest BCUT2D eigenvalue weighted by molar-refractivity contribution is 8.27. The zero-order valence-corrected chi connectivity index (χ0v) is 17.8. The normalized spacial score (nSPS) is 15.3. The molecular formula is C23H17NO4S2. The van der Waals surface area contributed by atoms with Crippen molar-refractivity contribution in [1.82, 2.24) is 0 Å². The van der Waals surface area contributed by atoms with Crippen molar-refractivity contribution in [3.05, 3.63) is 82.0 Å². The molecule has 4 rings (SSSR count). The van der Waals surface area contributed by atoms with E-state index in [1.165, 1.54) is 28.8 Å². The largest absolute Gasteiger partial charge is 0.478 e. The number of furan rings is 1. The van der Waals surface area contributed by atoms with Crippen molar-refractivity contribution in [2.45, 2.75) is 13.8 Å². The van der Waals surface area contributed by atoms with Crippen molar-refractivity contribution in [2.24, 2.45) is 0 Å². The van der Waals surface area contributed by atoms with Crippen molar-refractivity contribution in [1.29, 1.82) is 0 Å². The maximum absolute atomic E-state index is 12.9. The van der Waals surface area contributed by atoms with Crippen LogP contribution in [0.5, 0.6) is 0 Å². The van der Waals surface area contributed by atoms with E-state index < -0.39 is 5.97 Å². The highest BCUT2D eigenvalue weighted by Gasteiger charge is 2.33. The van der Waals surface area contributed by atoms with Crippen molar-refractivity contribution in [3.8, 4) is 11.3 Å². The van der Waals surface area contributed by atoms with Gasteiger partial charge in [0.1, 0.15) is 11.5 Å². The SMILES string of the molecule is Cc1cc(C)cc(-c2ccc(/C=C3\SC(=S)N(c4ccc(C(=O)O)cc4)C3=O)o2)c1. The van der Waals surface area contributed by atoms with E-state index in [9.17, 15) is 9.59 Å². The number of thioether (sulfide) groups is 1. The fourth-order valence-electron chi connectivity index (χ4n) is 3.28. The summed E-state index contributed by atoms with van der Waals surface area (Å²) < 4.78 is 6.32. The summed E-state index contributed by atoms with van der Waals surface area (Å²) in [4.78, 5) is 25.8. The van der Waals surface area contributed by atoms with Gasteiger partial charge in [-0.2, -0.15) is 0 Å². The number of carboxylic acids is 1. The quantitative estimate of drug-likeness (QED) is 0.421. The molecule has 5 nitrogen and oxygen atoms in total. The lowest BCUT2D eigenvalue weighted by Crippen LogP contribution is -2.27. The summed E-state index contributed by atoms with van der Waals surface area (Å²) in [5.74, 6) is 0.000333. The summed E-state index contributed by atoms with van der Waals surface area (Å²) in [6.45, 7) is 4.07. The number of hydrogen-bond acceptors (Lipinski definition) is 5. The van der Waals surface area contributed by atoms with Crippen LogP contribution in [-0.4, -0.2) is 21.3 Å². The van der Waals surface area contributed by atoms with Crippen LogP contribution in [-0.2, 0) is 4.79 Å². The molecule has 0 radical (unpaired) electrons. The third-order valence-electron chi connectivity index (χ3n) is 4.57. The number of aromatic carboxylic acids is 1. The molecule has 7 heteroatoms. The first kappa shape index (κ1) is 20.1. The molecule has 0 spiro atoms. The van der Waals surface area contributed by atoms with E-state index in [-0.39, 0.29) is 11.5 Å². The van der Waals surface area contributed by atoms with E-state index in [1.54, 1.807) is 18.2 Å². The number of hydrogen-bond donors (Lipinski definition) is 1. The molecule has 0 aliphatic carbocycles. The lowest BCUT2D eigenvalue weighted by atomic mass is 10.1. The summed E-state index contributed by atoms with van der Waals surface area (Å²) in [5.41, 5.74) is 3.96. The standard InChI is InChI=1S/C23H17NO4S2/c1-13-9-14(2)11-16(10-13)19-8-7-18(28-19)12-20-21(25)24(23(29)30-20)17-5-3-15(4-6-17)22(26)27/h3-12H,1-2H3,(H,26,27)/b20-12-. The monoisotopic (exact) mass is 435 g/mol. The fourth-order valence-corrected chi connectivity index (χ4v) is 4.55. The minimum Gasteiger partial charge on any atom is -0.478 e. The Morgan fingerprint density at radius 2 is 1.73 bits per heavy atom. The lowest BCUT2D eigenvalue weighted by Gasteiger charge is -2.14. The lowest BCUT2D eigenvalue weighted by molar-refractivity contribution is -0.113. The van der Waals surface area contributed by atoms with Crippen LogP contribution in [0, 0.1) is 13.8 Å². The van der Waals surface area contributed by atoms with Gasteiger partial charge in [-0.05, 0) is 62.4 Å². The molecule has 1 aliphatic rings. The third kappa shape index (κ3) is 3.94. The Bertz CT molecular complexity index is 1190. The number of carbonyl (C=O) groups excluding carboxylic acids is 1.